The Morgan fingerprint density at radius 1 is 1.39 bits per heavy atom. The van der Waals surface area contributed by atoms with Gasteiger partial charge in [-0.15, -0.1) is 0 Å². The number of carbonyl (C=O) groups excluding carboxylic acids is 1. The molecule has 1 atom stereocenters. The maximum absolute atomic E-state index is 11.5. The predicted octanol–water partition coefficient (Wildman–Crippen LogP) is 2.67. The van der Waals surface area contributed by atoms with Crippen LogP contribution in [0.15, 0.2) is 24.3 Å². The molecule has 1 heterocycles. The van der Waals surface area contributed by atoms with E-state index < -0.39 is 0 Å². The number of hydrogen-bond donors (Lipinski definition) is 2. The molecular formula is C14H21N3O. The first kappa shape index (κ1) is 12.7. The lowest BCUT2D eigenvalue weighted by molar-refractivity contribution is 0.252. The van der Waals surface area contributed by atoms with Crippen LogP contribution in [0.25, 0.3) is 0 Å². The molecule has 0 aliphatic carbocycles. The summed E-state index contributed by atoms with van der Waals surface area (Å²) in [5, 5.41) is 6.21. The van der Waals surface area contributed by atoms with Gasteiger partial charge >= 0.3 is 6.03 Å². The van der Waals surface area contributed by atoms with E-state index in [2.05, 4.69) is 24.5 Å². The number of rotatable bonds is 5. The molecule has 1 aliphatic heterocycles. The third-order valence-electron chi connectivity index (χ3n) is 3.39. The average molecular weight is 247 g/mol. The zero-order valence-electron chi connectivity index (χ0n) is 11.1. The summed E-state index contributed by atoms with van der Waals surface area (Å²) in [6.45, 7) is 6.89. The van der Waals surface area contributed by atoms with Gasteiger partial charge in [0.2, 0.25) is 0 Å². The molecule has 4 heteroatoms. The van der Waals surface area contributed by atoms with Crippen LogP contribution in [0.4, 0.5) is 16.2 Å². The van der Waals surface area contributed by atoms with E-state index in [1.54, 1.807) is 4.90 Å². The molecule has 2 N–H and O–H groups in total. The van der Waals surface area contributed by atoms with E-state index in [-0.39, 0.29) is 6.03 Å². The monoisotopic (exact) mass is 247 g/mol. The summed E-state index contributed by atoms with van der Waals surface area (Å²) in [4.78, 5) is 13.3. The molecule has 4 nitrogen and oxygen atoms in total. The lowest BCUT2D eigenvalue weighted by Gasteiger charge is -2.16. The van der Waals surface area contributed by atoms with Crippen LogP contribution < -0.4 is 15.5 Å². The molecule has 98 valence electrons. The van der Waals surface area contributed by atoms with Gasteiger partial charge in [-0.1, -0.05) is 20.3 Å². The van der Waals surface area contributed by atoms with Crippen LogP contribution in [-0.2, 0) is 0 Å². The molecule has 0 saturated carbocycles. The smallest absolute Gasteiger partial charge is 0.321 e. The molecule has 0 aromatic heterocycles. The molecule has 0 radical (unpaired) electrons. The summed E-state index contributed by atoms with van der Waals surface area (Å²) < 4.78 is 0. The SMILES string of the molecule is CCC(C)CNc1ccc(N2CCNC2=O)cc1. The van der Waals surface area contributed by atoms with Crippen molar-refractivity contribution in [3.63, 3.8) is 0 Å². The molecule has 1 aromatic rings. The van der Waals surface area contributed by atoms with Crippen molar-refractivity contribution >= 4 is 17.4 Å². The summed E-state index contributed by atoms with van der Waals surface area (Å²) >= 11 is 0. The van der Waals surface area contributed by atoms with Crippen molar-refractivity contribution in [2.75, 3.05) is 29.9 Å². The Morgan fingerprint density at radius 2 is 2.11 bits per heavy atom. The van der Waals surface area contributed by atoms with Gasteiger partial charge in [0.25, 0.3) is 0 Å². The Kier molecular flexibility index (Phi) is 4.07. The Bertz CT molecular complexity index is 402. The number of anilines is 2. The van der Waals surface area contributed by atoms with Crippen LogP contribution in [0.1, 0.15) is 20.3 Å². The second-order valence-electron chi connectivity index (χ2n) is 4.82. The van der Waals surface area contributed by atoms with E-state index in [1.165, 1.54) is 6.42 Å². The summed E-state index contributed by atoms with van der Waals surface area (Å²) in [5.41, 5.74) is 2.07. The Balaban J connectivity index is 1.95. The van der Waals surface area contributed by atoms with E-state index in [4.69, 9.17) is 0 Å². The van der Waals surface area contributed by atoms with Crippen LogP contribution >= 0.6 is 0 Å². The molecule has 2 rings (SSSR count). The average Bonchev–Trinajstić information content (AvgIpc) is 2.83. The predicted molar refractivity (Wildman–Crippen MR) is 75.1 cm³/mol. The minimum absolute atomic E-state index is 0.00434. The Hall–Kier alpha value is -1.71. The van der Waals surface area contributed by atoms with Crippen molar-refractivity contribution in [1.82, 2.24) is 5.32 Å². The highest BCUT2D eigenvalue weighted by molar-refractivity contribution is 5.94. The van der Waals surface area contributed by atoms with Crippen molar-refractivity contribution < 1.29 is 4.79 Å². The van der Waals surface area contributed by atoms with Crippen molar-refractivity contribution in [3.05, 3.63) is 24.3 Å². The highest BCUT2D eigenvalue weighted by atomic mass is 16.2. The fourth-order valence-electron chi connectivity index (χ4n) is 1.91. The number of urea groups is 1. The first-order valence-corrected chi connectivity index (χ1v) is 6.60. The molecular weight excluding hydrogens is 226 g/mol. The van der Waals surface area contributed by atoms with Gasteiger partial charge in [0, 0.05) is 31.0 Å². The van der Waals surface area contributed by atoms with E-state index in [1.807, 2.05) is 24.3 Å². The second-order valence-corrected chi connectivity index (χ2v) is 4.82. The van der Waals surface area contributed by atoms with Crippen LogP contribution in [0, 0.1) is 5.92 Å². The Labute approximate surface area is 108 Å². The van der Waals surface area contributed by atoms with Crippen LogP contribution in [-0.4, -0.2) is 25.7 Å². The molecule has 2 amide bonds. The highest BCUT2D eigenvalue weighted by Crippen LogP contribution is 2.19. The number of nitrogens with one attached hydrogen (secondary N) is 2. The topological polar surface area (TPSA) is 44.4 Å². The van der Waals surface area contributed by atoms with Gasteiger partial charge in [-0.25, -0.2) is 4.79 Å². The van der Waals surface area contributed by atoms with Crippen LogP contribution in [0.5, 0.6) is 0 Å². The third kappa shape index (κ3) is 2.94. The van der Waals surface area contributed by atoms with Crippen molar-refractivity contribution in [2.24, 2.45) is 5.92 Å². The van der Waals surface area contributed by atoms with E-state index in [9.17, 15) is 4.79 Å². The number of benzene rings is 1. The van der Waals surface area contributed by atoms with E-state index >= 15 is 0 Å². The Morgan fingerprint density at radius 3 is 2.67 bits per heavy atom. The maximum atomic E-state index is 11.5. The van der Waals surface area contributed by atoms with Gasteiger partial charge in [0.05, 0.1) is 0 Å². The first-order chi connectivity index (χ1) is 8.70. The van der Waals surface area contributed by atoms with Gasteiger partial charge in [0.1, 0.15) is 0 Å². The van der Waals surface area contributed by atoms with E-state index in [0.717, 1.165) is 31.0 Å². The van der Waals surface area contributed by atoms with Gasteiger partial charge in [-0.05, 0) is 30.2 Å². The third-order valence-corrected chi connectivity index (χ3v) is 3.39. The van der Waals surface area contributed by atoms with Gasteiger partial charge in [-0.3, -0.25) is 4.90 Å². The highest BCUT2D eigenvalue weighted by Gasteiger charge is 2.20. The van der Waals surface area contributed by atoms with E-state index in [0.29, 0.717) is 5.92 Å². The molecule has 1 saturated heterocycles. The van der Waals surface area contributed by atoms with Crippen molar-refractivity contribution in [2.45, 2.75) is 20.3 Å². The number of nitrogens with zero attached hydrogens (tertiary/aromatic N) is 1. The van der Waals surface area contributed by atoms with Crippen molar-refractivity contribution in [3.8, 4) is 0 Å². The van der Waals surface area contributed by atoms with Crippen molar-refractivity contribution in [1.29, 1.82) is 0 Å². The van der Waals surface area contributed by atoms with Gasteiger partial charge < -0.3 is 10.6 Å². The molecule has 0 bridgehead atoms. The number of amides is 2. The molecule has 1 aliphatic rings. The fourth-order valence-corrected chi connectivity index (χ4v) is 1.91. The van der Waals surface area contributed by atoms with Gasteiger partial charge in [-0.2, -0.15) is 0 Å². The standard InChI is InChI=1S/C14H21N3O/c1-3-11(2)10-16-12-4-6-13(7-5-12)17-9-8-15-14(17)18/h4-7,11,16H,3,8-10H2,1-2H3,(H,15,18). The zero-order chi connectivity index (χ0) is 13.0. The summed E-state index contributed by atoms with van der Waals surface area (Å²) in [7, 11) is 0. The second kappa shape index (κ2) is 5.76. The first-order valence-electron chi connectivity index (χ1n) is 6.60. The number of hydrogen-bond acceptors (Lipinski definition) is 2. The molecule has 0 spiro atoms. The molecule has 1 aromatic carbocycles. The fraction of sp³-hybridized carbons (Fsp3) is 0.500. The summed E-state index contributed by atoms with van der Waals surface area (Å²) in [6, 6.07) is 8.04. The lowest BCUT2D eigenvalue weighted by Crippen LogP contribution is -2.27. The van der Waals surface area contributed by atoms with Gasteiger partial charge in [0.15, 0.2) is 0 Å². The lowest BCUT2D eigenvalue weighted by atomic mass is 10.1. The largest absolute Gasteiger partial charge is 0.385 e. The molecule has 1 fully saturated rings. The minimum Gasteiger partial charge on any atom is -0.385 e. The normalized spacial score (nSPS) is 16.6. The maximum Gasteiger partial charge on any atom is 0.321 e. The minimum atomic E-state index is -0.00434. The molecule has 1 unspecified atom stereocenters. The van der Waals surface area contributed by atoms with Crippen LogP contribution in [0.3, 0.4) is 0 Å². The summed E-state index contributed by atoms with van der Waals surface area (Å²) in [5.74, 6) is 0.675. The quantitative estimate of drug-likeness (QED) is 0.840. The molecule has 18 heavy (non-hydrogen) atoms. The van der Waals surface area contributed by atoms with Crippen LogP contribution in [0.2, 0.25) is 0 Å². The summed E-state index contributed by atoms with van der Waals surface area (Å²) in [6.07, 6.45) is 1.18. The number of carbonyl (C=O) groups is 1. The zero-order valence-corrected chi connectivity index (χ0v) is 11.1.